The standard InChI is InChI=1S/C13H15ClN2O2/c1-2-18-8-5-9-11-7-15-3-4-16(11)13(17)12(9)10(14)6-8/h5-6,11,15H,2-4,7H2,1H3. The van der Waals surface area contributed by atoms with Gasteiger partial charge >= 0.3 is 0 Å². The van der Waals surface area contributed by atoms with Gasteiger partial charge in [-0.15, -0.1) is 0 Å². The number of piperazine rings is 1. The smallest absolute Gasteiger partial charge is 0.256 e. The minimum Gasteiger partial charge on any atom is -0.494 e. The summed E-state index contributed by atoms with van der Waals surface area (Å²) in [5.74, 6) is 0.783. The number of hydrogen-bond donors (Lipinski definition) is 1. The molecule has 0 aliphatic carbocycles. The number of fused-ring (bicyclic) bond motifs is 3. The van der Waals surface area contributed by atoms with E-state index in [2.05, 4.69) is 5.32 Å². The maximum absolute atomic E-state index is 12.3. The molecule has 1 N–H and O–H groups in total. The highest BCUT2D eigenvalue weighted by molar-refractivity contribution is 6.34. The molecule has 1 fully saturated rings. The normalized spacial score (nSPS) is 21.8. The van der Waals surface area contributed by atoms with Crippen LogP contribution in [0.25, 0.3) is 0 Å². The average molecular weight is 267 g/mol. The van der Waals surface area contributed by atoms with Crippen LogP contribution in [0.15, 0.2) is 12.1 Å². The van der Waals surface area contributed by atoms with E-state index < -0.39 is 0 Å². The Morgan fingerprint density at radius 1 is 1.56 bits per heavy atom. The molecule has 1 aromatic carbocycles. The van der Waals surface area contributed by atoms with E-state index in [1.807, 2.05) is 17.9 Å². The lowest BCUT2D eigenvalue weighted by Gasteiger charge is -2.30. The van der Waals surface area contributed by atoms with Crippen molar-refractivity contribution in [3.63, 3.8) is 0 Å². The largest absolute Gasteiger partial charge is 0.494 e. The second-order valence-electron chi connectivity index (χ2n) is 4.52. The third-order valence-corrected chi connectivity index (χ3v) is 3.78. The molecular formula is C13H15ClN2O2. The van der Waals surface area contributed by atoms with Crippen LogP contribution in [0.2, 0.25) is 5.02 Å². The van der Waals surface area contributed by atoms with Gasteiger partial charge in [0.15, 0.2) is 0 Å². The first-order valence-electron chi connectivity index (χ1n) is 6.20. The fraction of sp³-hybridized carbons (Fsp3) is 0.462. The zero-order valence-electron chi connectivity index (χ0n) is 10.2. The molecule has 2 aliphatic rings. The summed E-state index contributed by atoms with van der Waals surface area (Å²) in [6, 6.07) is 3.77. The Bertz CT molecular complexity index is 504. The Morgan fingerprint density at radius 3 is 3.17 bits per heavy atom. The molecule has 96 valence electrons. The average Bonchev–Trinajstić information content (AvgIpc) is 2.65. The summed E-state index contributed by atoms with van der Waals surface area (Å²) in [5, 5.41) is 3.81. The highest BCUT2D eigenvalue weighted by atomic mass is 35.5. The number of rotatable bonds is 2. The molecule has 0 bridgehead atoms. The zero-order valence-corrected chi connectivity index (χ0v) is 11.0. The molecule has 0 aromatic heterocycles. The van der Waals surface area contributed by atoms with Crippen molar-refractivity contribution >= 4 is 17.5 Å². The number of nitrogens with zero attached hydrogens (tertiary/aromatic N) is 1. The van der Waals surface area contributed by atoms with Crippen molar-refractivity contribution in [3.05, 3.63) is 28.3 Å². The lowest BCUT2D eigenvalue weighted by atomic mass is 10.0. The molecule has 1 amide bonds. The quantitative estimate of drug-likeness (QED) is 0.888. The monoisotopic (exact) mass is 266 g/mol. The van der Waals surface area contributed by atoms with Crippen LogP contribution in [0.4, 0.5) is 0 Å². The molecule has 1 saturated heterocycles. The van der Waals surface area contributed by atoms with Crippen molar-refractivity contribution in [2.45, 2.75) is 13.0 Å². The van der Waals surface area contributed by atoms with Crippen molar-refractivity contribution < 1.29 is 9.53 Å². The molecule has 5 heteroatoms. The van der Waals surface area contributed by atoms with E-state index in [0.29, 0.717) is 17.2 Å². The molecule has 0 saturated carbocycles. The number of halogens is 1. The Labute approximate surface area is 111 Å². The summed E-state index contributed by atoms with van der Waals surface area (Å²) in [6.07, 6.45) is 0. The lowest BCUT2D eigenvalue weighted by molar-refractivity contribution is 0.0691. The second-order valence-corrected chi connectivity index (χ2v) is 4.93. The van der Waals surface area contributed by atoms with E-state index in [1.165, 1.54) is 0 Å². The highest BCUT2D eigenvalue weighted by Gasteiger charge is 2.39. The number of benzene rings is 1. The Morgan fingerprint density at radius 2 is 2.39 bits per heavy atom. The minimum atomic E-state index is 0.0459. The molecule has 2 aliphatic heterocycles. The van der Waals surface area contributed by atoms with Crippen molar-refractivity contribution in [2.75, 3.05) is 26.2 Å². The molecule has 1 atom stereocenters. The van der Waals surface area contributed by atoms with Crippen molar-refractivity contribution in [1.29, 1.82) is 0 Å². The summed E-state index contributed by atoms with van der Waals surface area (Å²) in [5.41, 5.74) is 1.64. The van der Waals surface area contributed by atoms with Gasteiger partial charge in [0.25, 0.3) is 5.91 Å². The fourth-order valence-electron chi connectivity index (χ4n) is 2.71. The van der Waals surface area contributed by atoms with Crippen LogP contribution in [0.3, 0.4) is 0 Å². The second kappa shape index (κ2) is 4.44. The zero-order chi connectivity index (χ0) is 12.7. The van der Waals surface area contributed by atoms with E-state index in [1.54, 1.807) is 6.07 Å². The summed E-state index contributed by atoms with van der Waals surface area (Å²) >= 11 is 6.22. The van der Waals surface area contributed by atoms with Gasteiger partial charge in [0.05, 0.1) is 23.2 Å². The van der Waals surface area contributed by atoms with E-state index >= 15 is 0 Å². The fourth-order valence-corrected chi connectivity index (χ4v) is 3.01. The first-order chi connectivity index (χ1) is 8.72. The highest BCUT2D eigenvalue weighted by Crippen LogP contribution is 2.40. The number of hydrogen-bond acceptors (Lipinski definition) is 3. The van der Waals surface area contributed by atoms with Crippen molar-refractivity contribution in [1.82, 2.24) is 10.2 Å². The van der Waals surface area contributed by atoms with Crippen LogP contribution in [-0.2, 0) is 0 Å². The topological polar surface area (TPSA) is 41.6 Å². The van der Waals surface area contributed by atoms with Crippen molar-refractivity contribution in [2.24, 2.45) is 0 Å². The molecule has 18 heavy (non-hydrogen) atoms. The van der Waals surface area contributed by atoms with E-state index in [0.717, 1.165) is 30.9 Å². The number of carbonyl (C=O) groups excluding carboxylic acids is 1. The maximum Gasteiger partial charge on any atom is 0.256 e. The van der Waals surface area contributed by atoms with Gasteiger partial charge in [-0.05, 0) is 24.6 Å². The van der Waals surface area contributed by atoms with Crippen LogP contribution in [0.5, 0.6) is 5.75 Å². The number of ether oxygens (including phenoxy) is 1. The van der Waals surface area contributed by atoms with Gasteiger partial charge in [-0.25, -0.2) is 0 Å². The van der Waals surface area contributed by atoms with Crippen molar-refractivity contribution in [3.8, 4) is 5.75 Å². The predicted molar refractivity (Wildman–Crippen MR) is 69.3 cm³/mol. The van der Waals surface area contributed by atoms with Gasteiger partial charge in [0.2, 0.25) is 0 Å². The van der Waals surface area contributed by atoms with Gasteiger partial charge in [-0.2, -0.15) is 0 Å². The van der Waals surface area contributed by atoms with E-state index in [4.69, 9.17) is 16.3 Å². The Hall–Kier alpha value is -1.26. The van der Waals surface area contributed by atoms with Gasteiger partial charge in [-0.1, -0.05) is 11.6 Å². The molecule has 0 spiro atoms. The molecule has 4 nitrogen and oxygen atoms in total. The van der Waals surface area contributed by atoms with E-state index in [-0.39, 0.29) is 11.9 Å². The summed E-state index contributed by atoms with van der Waals surface area (Å²) in [7, 11) is 0. The number of nitrogens with one attached hydrogen (secondary N) is 1. The van der Waals surface area contributed by atoms with Gasteiger partial charge in [-0.3, -0.25) is 4.79 Å². The van der Waals surface area contributed by atoms with Crippen LogP contribution < -0.4 is 10.1 Å². The molecule has 2 heterocycles. The molecule has 3 rings (SSSR count). The Kier molecular flexibility index (Phi) is 2.92. The third-order valence-electron chi connectivity index (χ3n) is 3.48. The van der Waals surface area contributed by atoms with Crippen LogP contribution in [-0.4, -0.2) is 37.0 Å². The summed E-state index contributed by atoms with van der Waals surface area (Å²) in [4.78, 5) is 14.2. The molecule has 0 radical (unpaired) electrons. The van der Waals surface area contributed by atoms with Gasteiger partial charge in [0, 0.05) is 19.6 Å². The first kappa shape index (κ1) is 11.8. The first-order valence-corrected chi connectivity index (χ1v) is 6.58. The maximum atomic E-state index is 12.3. The molecular weight excluding hydrogens is 252 g/mol. The van der Waals surface area contributed by atoms with Gasteiger partial charge in [0.1, 0.15) is 5.75 Å². The van der Waals surface area contributed by atoms with Gasteiger partial charge < -0.3 is 15.0 Å². The van der Waals surface area contributed by atoms with Crippen LogP contribution in [0, 0.1) is 0 Å². The molecule has 1 aromatic rings. The number of amides is 1. The molecule has 1 unspecified atom stereocenters. The minimum absolute atomic E-state index is 0.0459. The number of carbonyl (C=O) groups is 1. The Balaban J connectivity index is 2.08. The SMILES string of the molecule is CCOc1cc(Cl)c2c(c1)C1CNCCN1C2=O. The van der Waals surface area contributed by atoms with E-state index in [9.17, 15) is 4.79 Å². The summed E-state index contributed by atoms with van der Waals surface area (Å²) < 4.78 is 5.49. The summed E-state index contributed by atoms with van der Waals surface area (Å²) in [6.45, 7) is 4.88. The third kappa shape index (κ3) is 1.68. The lowest BCUT2D eigenvalue weighted by Crippen LogP contribution is -2.44. The van der Waals surface area contributed by atoms with Crippen LogP contribution >= 0.6 is 11.6 Å². The van der Waals surface area contributed by atoms with Crippen LogP contribution in [0.1, 0.15) is 28.9 Å². The predicted octanol–water partition coefficient (Wildman–Crippen LogP) is 1.84.